The van der Waals surface area contributed by atoms with Gasteiger partial charge in [0.25, 0.3) is 0 Å². The number of nitrogens with zero attached hydrogens (tertiary/aromatic N) is 1. The third-order valence-corrected chi connectivity index (χ3v) is 3.10. The lowest BCUT2D eigenvalue weighted by Gasteiger charge is -2.24. The smallest absolute Gasteiger partial charge is 0.317 e. The summed E-state index contributed by atoms with van der Waals surface area (Å²) in [7, 11) is 1.64. The SMILES string of the molecule is COCC(CCN)NC(=O)N1CCCCCC1. The Hall–Kier alpha value is -0.810. The topological polar surface area (TPSA) is 67.6 Å². The van der Waals surface area contributed by atoms with Crippen LogP contribution in [-0.2, 0) is 4.74 Å². The van der Waals surface area contributed by atoms with Crippen molar-refractivity contribution in [3.05, 3.63) is 0 Å². The minimum Gasteiger partial charge on any atom is -0.383 e. The predicted molar refractivity (Wildman–Crippen MR) is 67.9 cm³/mol. The molecule has 0 radical (unpaired) electrons. The van der Waals surface area contributed by atoms with E-state index in [1.54, 1.807) is 7.11 Å². The van der Waals surface area contributed by atoms with E-state index in [9.17, 15) is 4.79 Å². The Labute approximate surface area is 104 Å². The molecule has 0 saturated carbocycles. The average molecular weight is 243 g/mol. The van der Waals surface area contributed by atoms with Gasteiger partial charge in [0.05, 0.1) is 12.6 Å². The molecule has 2 amide bonds. The van der Waals surface area contributed by atoms with Crippen molar-refractivity contribution in [1.29, 1.82) is 0 Å². The Bertz CT molecular complexity index is 210. The predicted octanol–water partition coefficient (Wildman–Crippen LogP) is 0.936. The lowest BCUT2D eigenvalue weighted by atomic mass is 10.2. The van der Waals surface area contributed by atoms with Crippen molar-refractivity contribution in [3.63, 3.8) is 0 Å². The zero-order valence-electron chi connectivity index (χ0n) is 10.8. The van der Waals surface area contributed by atoms with Crippen molar-refractivity contribution in [2.75, 3.05) is 33.4 Å². The Morgan fingerprint density at radius 2 is 2.00 bits per heavy atom. The van der Waals surface area contributed by atoms with E-state index in [-0.39, 0.29) is 12.1 Å². The van der Waals surface area contributed by atoms with Crippen LogP contribution in [0.15, 0.2) is 0 Å². The summed E-state index contributed by atoms with van der Waals surface area (Å²) in [6.45, 7) is 2.83. The molecule has 1 aliphatic heterocycles. The summed E-state index contributed by atoms with van der Waals surface area (Å²) in [5.41, 5.74) is 5.52. The molecule has 0 aromatic rings. The number of amides is 2. The van der Waals surface area contributed by atoms with Crippen LogP contribution >= 0.6 is 0 Å². The first-order valence-corrected chi connectivity index (χ1v) is 6.52. The summed E-state index contributed by atoms with van der Waals surface area (Å²) >= 11 is 0. The van der Waals surface area contributed by atoms with Gasteiger partial charge in [0.2, 0.25) is 0 Å². The first kappa shape index (κ1) is 14.3. The molecule has 3 N–H and O–H groups in total. The van der Waals surface area contributed by atoms with E-state index in [1.165, 1.54) is 12.8 Å². The first-order valence-electron chi connectivity index (χ1n) is 6.52. The number of hydrogen-bond acceptors (Lipinski definition) is 3. The molecular weight excluding hydrogens is 218 g/mol. The van der Waals surface area contributed by atoms with E-state index >= 15 is 0 Å². The molecule has 1 saturated heterocycles. The molecule has 1 aliphatic rings. The van der Waals surface area contributed by atoms with E-state index in [0.29, 0.717) is 13.2 Å². The van der Waals surface area contributed by atoms with Gasteiger partial charge in [0.15, 0.2) is 0 Å². The van der Waals surface area contributed by atoms with Gasteiger partial charge >= 0.3 is 6.03 Å². The Morgan fingerprint density at radius 1 is 1.35 bits per heavy atom. The van der Waals surface area contributed by atoms with Crippen molar-refractivity contribution in [3.8, 4) is 0 Å². The zero-order chi connectivity index (χ0) is 12.5. The maximum absolute atomic E-state index is 12.0. The van der Waals surface area contributed by atoms with Gasteiger partial charge in [-0.25, -0.2) is 4.79 Å². The van der Waals surface area contributed by atoms with Crippen molar-refractivity contribution >= 4 is 6.03 Å². The van der Waals surface area contributed by atoms with Crippen LogP contribution in [0.4, 0.5) is 4.79 Å². The second-order valence-corrected chi connectivity index (χ2v) is 4.58. The number of carbonyl (C=O) groups excluding carboxylic acids is 1. The summed E-state index contributed by atoms with van der Waals surface area (Å²) in [6, 6.07) is 0.0585. The number of likely N-dealkylation sites (tertiary alicyclic amines) is 1. The van der Waals surface area contributed by atoms with Crippen LogP contribution in [0, 0.1) is 0 Å². The van der Waals surface area contributed by atoms with Gasteiger partial charge in [-0.05, 0) is 25.8 Å². The quantitative estimate of drug-likeness (QED) is 0.755. The summed E-state index contributed by atoms with van der Waals surface area (Å²) in [4.78, 5) is 13.9. The van der Waals surface area contributed by atoms with E-state index < -0.39 is 0 Å². The fraction of sp³-hybridized carbons (Fsp3) is 0.917. The fourth-order valence-corrected chi connectivity index (χ4v) is 2.14. The van der Waals surface area contributed by atoms with E-state index in [4.69, 9.17) is 10.5 Å². The second kappa shape index (κ2) is 8.31. The number of ether oxygens (including phenoxy) is 1. The normalized spacial score (nSPS) is 18.6. The largest absolute Gasteiger partial charge is 0.383 e. The number of hydrogen-bond donors (Lipinski definition) is 2. The monoisotopic (exact) mass is 243 g/mol. The van der Waals surface area contributed by atoms with Gasteiger partial charge < -0.3 is 20.7 Å². The number of urea groups is 1. The Balaban J connectivity index is 2.38. The molecule has 5 nitrogen and oxygen atoms in total. The lowest BCUT2D eigenvalue weighted by molar-refractivity contribution is 0.152. The van der Waals surface area contributed by atoms with Crippen molar-refractivity contribution in [2.45, 2.75) is 38.1 Å². The molecule has 0 bridgehead atoms. The van der Waals surface area contributed by atoms with Crippen molar-refractivity contribution in [2.24, 2.45) is 5.73 Å². The number of rotatable bonds is 5. The third-order valence-electron chi connectivity index (χ3n) is 3.10. The highest BCUT2D eigenvalue weighted by molar-refractivity contribution is 5.74. The van der Waals surface area contributed by atoms with Gasteiger partial charge in [-0.1, -0.05) is 12.8 Å². The van der Waals surface area contributed by atoms with E-state index in [0.717, 1.165) is 32.4 Å². The molecule has 0 aromatic heterocycles. The maximum atomic E-state index is 12.0. The molecule has 17 heavy (non-hydrogen) atoms. The molecule has 1 fully saturated rings. The highest BCUT2D eigenvalue weighted by atomic mass is 16.5. The number of nitrogens with one attached hydrogen (secondary N) is 1. The van der Waals surface area contributed by atoms with Gasteiger partial charge in [-0.15, -0.1) is 0 Å². The summed E-state index contributed by atoms with van der Waals surface area (Å²) in [5, 5.41) is 3.00. The minimum atomic E-state index is 0.0285. The van der Waals surface area contributed by atoms with Crippen LogP contribution in [0.1, 0.15) is 32.1 Å². The zero-order valence-corrected chi connectivity index (χ0v) is 10.8. The average Bonchev–Trinajstić information content (AvgIpc) is 2.58. The molecule has 1 atom stereocenters. The van der Waals surface area contributed by atoms with Gasteiger partial charge in [0, 0.05) is 20.2 Å². The molecule has 0 aliphatic carbocycles. The van der Waals surface area contributed by atoms with E-state index in [1.807, 2.05) is 4.90 Å². The molecule has 1 heterocycles. The fourth-order valence-electron chi connectivity index (χ4n) is 2.14. The maximum Gasteiger partial charge on any atom is 0.317 e. The van der Waals surface area contributed by atoms with Gasteiger partial charge in [0.1, 0.15) is 0 Å². The Kier molecular flexibility index (Phi) is 6.96. The standard InChI is InChI=1S/C12H25N3O2/c1-17-10-11(6-7-13)14-12(16)15-8-4-2-3-5-9-15/h11H,2-10,13H2,1H3,(H,14,16). The van der Waals surface area contributed by atoms with Gasteiger partial charge in [-0.3, -0.25) is 0 Å². The molecule has 5 heteroatoms. The van der Waals surface area contributed by atoms with Crippen LogP contribution in [0.2, 0.25) is 0 Å². The lowest BCUT2D eigenvalue weighted by Crippen LogP contribution is -2.47. The molecule has 0 aromatic carbocycles. The minimum absolute atomic E-state index is 0.0285. The molecular formula is C12H25N3O2. The van der Waals surface area contributed by atoms with Crippen LogP contribution < -0.4 is 11.1 Å². The Morgan fingerprint density at radius 3 is 2.53 bits per heavy atom. The third kappa shape index (κ3) is 5.37. The highest BCUT2D eigenvalue weighted by Gasteiger charge is 2.18. The first-order chi connectivity index (χ1) is 8.27. The van der Waals surface area contributed by atoms with Crippen LogP contribution in [0.3, 0.4) is 0 Å². The van der Waals surface area contributed by atoms with Crippen LogP contribution in [0.25, 0.3) is 0 Å². The van der Waals surface area contributed by atoms with Crippen molar-refractivity contribution < 1.29 is 9.53 Å². The van der Waals surface area contributed by atoms with E-state index in [2.05, 4.69) is 5.32 Å². The van der Waals surface area contributed by atoms with Crippen LogP contribution in [-0.4, -0.2) is 50.3 Å². The molecule has 100 valence electrons. The highest BCUT2D eigenvalue weighted by Crippen LogP contribution is 2.09. The summed E-state index contributed by atoms with van der Waals surface area (Å²) in [6.07, 6.45) is 5.44. The van der Waals surface area contributed by atoms with Crippen LogP contribution in [0.5, 0.6) is 0 Å². The summed E-state index contributed by atoms with van der Waals surface area (Å²) < 4.78 is 5.08. The number of carbonyl (C=O) groups is 1. The summed E-state index contributed by atoms with van der Waals surface area (Å²) in [5.74, 6) is 0. The second-order valence-electron chi connectivity index (χ2n) is 4.58. The van der Waals surface area contributed by atoms with Crippen molar-refractivity contribution in [1.82, 2.24) is 10.2 Å². The molecule has 1 unspecified atom stereocenters. The number of nitrogens with two attached hydrogens (primary N) is 1. The van der Waals surface area contributed by atoms with Gasteiger partial charge in [-0.2, -0.15) is 0 Å². The molecule has 0 spiro atoms. The molecule has 1 rings (SSSR count). The number of methoxy groups -OCH3 is 1.